The molecule has 0 aliphatic heterocycles. The van der Waals surface area contributed by atoms with Gasteiger partial charge in [-0.2, -0.15) is 0 Å². The molecule has 0 aliphatic carbocycles. The standard InChI is InChI=1S/C14H11BrFNO3S/c1-21(19,20)10-5-2-4-9(8-10)17-14(18)11-6-3-7-12(16)13(11)15/h2-8H,1H3,(H,17,18). The van der Waals surface area contributed by atoms with Gasteiger partial charge in [-0.25, -0.2) is 12.8 Å². The minimum absolute atomic E-state index is 0.0572. The topological polar surface area (TPSA) is 63.2 Å². The molecular weight excluding hydrogens is 361 g/mol. The molecule has 0 aliphatic rings. The molecule has 2 aromatic carbocycles. The molecule has 7 heteroatoms. The van der Waals surface area contributed by atoms with E-state index in [1.165, 1.54) is 36.4 Å². The first-order valence-electron chi connectivity index (χ1n) is 5.84. The maximum absolute atomic E-state index is 13.4. The van der Waals surface area contributed by atoms with E-state index < -0.39 is 21.6 Å². The Kier molecular flexibility index (Phi) is 4.43. The van der Waals surface area contributed by atoms with E-state index in [0.29, 0.717) is 5.69 Å². The van der Waals surface area contributed by atoms with Crippen LogP contribution in [-0.4, -0.2) is 20.6 Å². The summed E-state index contributed by atoms with van der Waals surface area (Å²) in [4.78, 5) is 12.2. The smallest absolute Gasteiger partial charge is 0.256 e. The summed E-state index contributed by atoms with van der Waals surface area (Å²) in [5.41, 5.74) is 0.443. The highest BCUT2D eigenvalue weighted by molar-refractivity contribution is 9.10. The Hall–Kier alpha value is -1.73. The molecule has 1 N–H and O–H groups in total. The van der Waals surface area contributed by atoms with E-state index >= 15 is 0 Å². The molecule has 110 valence electrons. The zero-order valence-corrected chi connectivity index (χ0v) is 13.3. The van der Waals surface area contributed by atoms with Gasteiger partial charge < -0.3 is 5.32 Å². The van der Waals surface area contributed by atoms with Crippen molar-refractivity contribution in [1.29, 1.82) is 0 Å². The van der Waals surface area contributed by atoms with Gasteiger partial charge in [-0.1, -0.05) is 12.1 Å². The fourth-order valence-electron chi connectivity index (χ4n) is 1.68. The third-order valence-electron chi connectivity index (χ3n) is 2.72. The number of amides is 1. The van der Waals surface area contributed by atoms with E-state index in [-0.39, 0.29) is 14.9 Å². The zero-order valence-electron chi connectivity index (χ0n) is 10.9. The summed E-state index contributed by atoms with van der Waals surface area (Å²) < 4.78 is 36.4. The number of carbonyl (C=O) groups excluding carboxylic acids is 1. The van der Waals surface area contributed by atoms with Crippen LogP contribution in [0.2, 0.25) is 0 Å². The molecule has 0 heterocycles. The number of benzene rings is 2. The van der Waals surface area contributed by atoms with Gasteiger partial charge in [0.1, 0.15) is 5.82 Å². The van der Waals surface area contributed by atoms with Gasteiger partial charge >= 0.3 is 0 Å². The van der Waals surface area contributed by atoms with Crippen LogP contribution in [0.25, 0.3) is 0 Å². The molecule has 4 nitrogen and oxygen atoms in total. The normalized spacial score (nSPS) is 11.2. The third kappa shape index (κ3) is 3.68. The fraction of sp³-hybridized carbons (Fsp3) is 0.0714. The summed E-state index contributed by atoms with van der Waals surface area (Å²) in [6, 6.07) is 9.96. The number of rotatable bonds is 3. The molecule has 0 saturated heterocycles. The molecular formula is C14H11BrFNO3S. The van der Waals surface area contributed by atoms with Crippen LogP contribution in [0.1, 0.15) is 10.4 Å². The van der Waals surface area contributed by atoms with E-state index in [2.05, 4.69) is 21.2 Å². The quantitative estimate of drug-likeness (QED) is 0.900. The summed E-state index contributed by atoms with van der Waals surface area (Å²) >= 11 is 3.01. The first-order valence-corrected chi connectivity index (χ1v) is 8.53. The summed E-state index contributed by atoms with van der Waals surface area (Å²) in [6.45, 7) is 0. The van der Waals surface area contributed by atoms with Crippen molar-refractivity contribution < 1.29 is 17.6 Å². The molecule has 2 aromatic rings. The molecule has 0 bridgehead atoms. The maximum atomic E-state index is 13.4. The van der Waals surface area contributed by atoms with E-state index in [4.69, 9.17) is 0 Å². The Morgan fingerprint density at radius 1 is 1.19 bits per heavy atom. The van der Waals surface area contributed by atoms with Gasteiger partial charge in [-0.15, -0.1) is 0 Å². The molecule has 0 saturated carbocycles. The predicted octanol–water partition coefficient (Wildman–Crippen LogP) is 3.24. The second-order valence-corrected chi connectivity index (χ2v) is 7.16. The predicted molar refractivity (Wildman–Crippen MR) is 81.6 cm³/mol. The highest BCUT2D eigenvalue weighted by Crippen LogP contribution is 2.22. The molecule has 0 aromatic heterocycles. The van der Waals surface area contributed by atoms with Crippen molar-refractivity contribution in [3.8, 4) is 0 Å². The molecule has 0 radical (unpaired) electrons. The lowest BCUT2D eigenvalue weighted by Crippen LogP contribution is -2.13. The summed E-state index contributed by atoms with van der Waals surface area (Å²) in [7, 11) is -3.36. The van der Waals surface area contributed by atoms with Crippen molar-refractivity contribution >= 4 is 37.4 Å². The van der Waals surface area contributed by atoms with Crippen LogP contribution in [0, 0.1) is 5.82 Å². The number of halogens is 2. The number of hydrogen-bond acceptors (Lipinski definition) is 3. The minimum atomic E-state index is -3.36. The Labute approximate surface area is 130 Å². The maximum Gasteiger partial charge on any atom is 0.256 e. The SMILES string of the molecule is CS(=O)(=O)c1cccc(NC(=O)c2cccc(F)c2Br)c1. The lowest BCUT2D eigenvalue weighted by atomic mass is 10.2. The van der Waals surface area contributed by atoms with Crippen LogP contribution < -0.4 is 5.32 Å². The van der Waals surface area contributed by atoms with Gasteiger partial charge in [0, 0.05) is 11.9 Å². The monoisotopic (exact) mass is 371 g/mol. The van der Waals surface area contributed by atoms with Gasteiger partial charge in [0.15, 0.2) is 9.84 Å². The van der Waals surface area contributed by atoms with Crippen LogP contribution in [0.5, 0.6) is 0 Å². The first kappa shape index (κ1) is 15.7. The van der Waals surface area contributed by atoms with Gasteiger partial charge in [0.25, 0.3) is 5.91 Å². The summed E-state index contributed by atoms with van der Waals surface area (Å²) in [6.07, 6.45) is 1.08. The van der Waals surface area contributed by atoms with E-state index in [1.54, 1.807) is 6.07 Å². The molecule has 0 fully saturated rings. The highest BCUT2D eigenvalue weighted by atomic mass is 79.9. The van der Waals surface area contributed by atoms with Crippen molar-refractivity contribution in [2.45, 2.75) is 4.90 Å². The molecule has 1 amide bonds. The largest absolute Gasteiger partial charge is 0.322 e. The van der Waals surface area contributed by atoms with Gasteiger partial charge in [0.05, 0.1) is 14.9 Å². The Balaban J connectivity index is 2.30. The molecule has 21 heavy (non-hydrogen) atoms. The van der Waals surface area contributed by atoms with Crippen molar-refractivity contribution in [1.82, 2.24) is 0 Å². The van der Waals surface area contributed by atoms with Crippen LogP contribution in [0.4, 0.5) is 10.1 Å². The van der Waals surface area contributed by atoms with Gasteiger partial charge in [-0.05, 0) is 46.3 Å². The Bertz CT molecular complexity index is 806. The van der Waals surface area contributed by atoms with E-state index in [0.717, 1.165) is 6.26 Å². The van der Waals surface area contributed by atoms with Crippen molar-refractivity contribution in [2.24, 2.45) is 0 Å². The highest BCUT2D eigenvalue weighted by Gasteiger charge is 2.14. The van der Waals surface area contributed by atoms with Gasteiger partial charge in [0.2, 0.25) is 0 Å². The molecule has 0 spiro atoms. The number of anilines is 1. The molecule has 0 unspecified atom stereocenters. The van der Waals surface area contributed by atoms with Crippen LogP contribution >= 0.6 is 15.9 Å². The number of carbonyl (C=O) groups is 1. The van der Waals surface area contributed by atoms with Crippen molar-refractivity contribution in [3.63, 3.8) is 0 Å². The molecule has 2 rings (SSSR count). The van der Waals surface area contributed by atoms with Crippen molar-refractivity contribution in [2.75, 3.05) is 11.6 Å². The Morgan fingerprint density at radius 3 is 2.52 bits per heavy atom. The fourth-order valence-corrected chi connectivity index (χ4v) is 2.79. The van der Waals surface area contributed by atoms with Gasteiger partial charge in [-0.3, -0.25) is 4.79 Å². The summed E-state index contributed by atoms with van der Waals surface area (Å²) in [5.74, 6) is -1.08. The summed E-state index contributed by atoms with van der Waals surface area (Å²) in [5, 5.41) is 2.54. The second kappa shape index (κ2) is 5.95. The first-order chi connectivity index (χ1) is 9.79. The van der Waals surface area contributed by atoms with E-state index in [1.807, 2.05) is 0 Å². The lowest BCUT2D eigenvalue weighted by molar-refractivity contribution is 0.102. The third-order valence-corrected chi connectivity index (χ3v) is 4.63. The Morgan fingerprint density at radius 2 is 1.86 bits per heavy atom. The van der Waals surface area contributed by atoms with Crippen LogP contribution in [0.15, 0.2) is 51.8 Å². The average molecular weight is 372 g/mol. The number of sulfone groups is 1. The number of hydrogen-bond donors (Lipinski definition) is 1. The average Bonchev–Trinajstić information content (AvgIpc) is 2.41. The number of nitrogens with one attached hydrogen (secondary N) is 1. The molecule has 0 atom stereocenters. The minimum Gasteiger partial charge on any atom is -0.322 e. The van der Waals surface area contributed by atoms with Crippen molar-refractivity contribution in [3.05, 3.63) is 58.3 Å². The van der Waals surface area contributed by atoms with E-state index in [9.17, 15) is 17.6 Å². The van der Waals surface area contributed by atoms with Crippen LogP contribution in [-0.2, 0) is 9.84 Å². The zero-order chi connectivity index (χ0) is 15.6. The second-order valence-electron chi connectivity index (χ2n) is 4.36. The lowest BCUT2D eigenvalue weighted by Gasteiger charge is -2.08. The van der Waals surface area contributed by atoms with Crippen LogP contribution in [0.3, 0.4) is 0 Å².